The zero-order valence-corrected chi connectivity index (χ0v) is 15.0. The molecule has 0 bridgehead atoms. The van der Waals surface area contributed by atoms with Crippen LogP contribution in [0.3, 0.4) is 0 Å². The molecule has 0 heterocycles. The van der Waals surface area contributed by atoms with Crippen molar-refractivity contribution >= 4 is 31.9 Å². The third kappa shape index (κ3) is 6.26. The van der Waals surface area contributed by atoms with E-state index in [1.54, 1.807) is 0 Å². The summed E-state index contributed by atoms with van der Waals surface area (Å²) in [5.41, 5.74) is 0. The molecule has 0 amide bonds. The molecule has 0 spiro atoms. The van der Waals surface area contributed by atoms with Gasteiger partial charge in [0.1, 0.15) is 11.5 Å². The molecule has 0 saturated carbocycles. The van der Waals surface area contributed by atoms with Gasteiger partial charge in [0.25, 0.3) is 0 Å². The van der Waals surface area contributed by atoms with Crippen LogP contribution in [0.25, 0.3) is 0 Å². The molecule has 2 rings (SSSR count). The Morgan fingerprint density at radius 2 is 0.947 bits per heavy atom. The molecule has 0 aromatic heterocycles. The van der Waals surface area contributed by atoms with Crippen LogP contribution >= 0.6 is 31.9 Å². The van der Waals surface area contributed by atoms with Crippen molar-refractivity contribution in [1.82, 2.24) is 0 Å². The molecule has 0 radical (unpaired) electrons. The van der Waals surface area contributed by atoms with Crippen molar-refractivity contribution < 1.29 is 4.74 Å². The van der Waals surface area contributed by atoms with Gasteiger partial charge in [-0.2, -0.15) is 0 Å². The zero-order valence-electron chi connectivity index (χ0n) is 11.8. The first-order valence-corrected chi connectivity index (χ1v) is 8.03. The Morgan fingerprint density at radius 1 is 0.632 bits per heavy atom. The number of benzene rings is 2. The van der Waals surface area contributed by atoms with E-state index in [4.69, 9.17) is 4.74 Å². The smallest absolute Gasteiger partial charge is 0.141 e. The van der Waals surface area contributed by atoms with E-state index in [1.165, 1.54) is 0 Å². The van der Waals surface area contributed by atoms with Crippen molar-refractivity contribution in [2.45, 2.75) is 27.7 Å². The molecule has 0 aliphatic carbocycles. The van der Waals surface area contributed by atoms with Crippen LogP contribution < -0.4 is 4.74 Å². The summed E-state index contributed by atoms with van der Waals surface area (Å²) in [7, 11) is 0. The van der Waals surface area contributed by atoms with Gasteiger partial charge < -0.3 is 4.74 Å². The Bertz CT molecular complexity index is 426. The van der Waals surface area contributed by atoms with Crippen molar-refractivity contribution in [2.24, 2.45) is 0 Å². The molecule has 3 heteroatoms. The molecule has 0 aliphatic heterocycles. The lowest BCUT2D eigenvalue weighted by atomic mass is 10.3. The van der Waals surface area contributed by atoms with Crippen LogP contribution in [0, 0.1) is 0 Å². The van der Waals surface area contributed by atoms with Crippen molar-refractivity contribution in [1.29, 1.82) is 0 Å². The zero-order chi connectivity index (χ0) is 14.7. The molecular formula is C16H20Br2O. The third-order valence-electron chi connectivity index (χ3n) is 1.89. The largest absolute Gasteiger partial charge is 0.455 e. The normalized spacial score (nSPS) is 8.53. The minimum Gasteiger partial charge on any atom is -0.455 e. The highest BCUT2D eigenvalue weighted by atomic mass is 79.9. The van der Waals surface area contributed by atoms with Gasteiger partial charge in [0.15, 0.2) is 0 Å². The van der Waals surface area contributed by atoms with E-state index in [1.807, 2.05) is 76.2 Å². The number of halogens is 2. The fourth-order valence-electron chi connectivity index (χ4n) is 1.17. The van der Waals surface area contributed by atoms with E-state index in [-0.39, 0.29) is 0 Å². The van der Waals surface area contributed by atoms with Crippen LogP contribution in [0.1, 0.15) is 27.7 Å². The van der Waals surface area contributed by atoms with Crippen molar-refractivity contribution in [3.05, 3.63) is 57.5 Å². The lowest BCUT2D eigenvalue weighted by molar-refractivity contribution is 0.476. The number of para-hydroxylation sites is 2. The van der Waals surface area contributed by atoms with Gasteiger partial charge in [0.2, 0.25) is 0 Å². The van der Waals surface area contributed by atoms with E-state index in [0.29, 0.717) is 0 Å². The minimum atomic E-state index is 0.810. The van der Waals surface area contributed by atoms with Gasteiger partial charge in [-0.05, 0) is 56.1 Å². The molecule has 104 valence electrons. The van der Waals surface area contributed by atoms with E-state index in [9.17, 15) is 0 Å². The van der Waals surface area contributed by atoms with Gasteiger partial charge in [-0.3, -0.25) is 0 Å². The van der Waals surface area contributed by atoms with Crippen LogP contribution in [0.5, 0.6) is 11.5 Å². The van der Waals surface area contributed by atoms with Gasteiger partial charge >= 0.3 is 0 Å². The molecule has 2 aromatic rings. The standard InChI is InChI=1S/C12H8Br2O.2C2H6/c13-9-5-1-3-7-11(9)15-12-8-4-2-6-10(12)14;2*1-2/h1-8H;2*1-2H3. The number of ether oxygens (including phenoxy) is 1. The summed E-state index contributed by atoms with van der Waals surface area (Å²) < 4.78 is 7.64. The fourth-order valence-corrected chi connectivity index (χ4v) is 1.90. The summed E-state index contributed by atoms with van der Waals surface area (Å²) in [6.07, 6.45) is 0. The van der Waals surface area contributed by atoms with Crippen molar-refractivity contribution in [3.8, 4) is 11.5 Å². The molecule has 0 atom stereocenters. The maximum atomic E-state index is 5.75. The highest BCUT2D eigenvalue weighted by Crippen LogP contribution is 2.33. The van der Waals surface area contributed by atoms with Gasteiger partial charge in [-0.15, -0.1) is 0 Å². The van der Waals surface area contributed by atoms with Crippen molar-refractivity contribution in [2.75, 3.05) is 0 Å². The highest BCUT2D eigenvalue weighted by molar-refractivity contribution is 9.11. The second-order valence-electron chi connectivity index (χ2n) is 2.96. The summed E-state index contributed by atoms with van der Waals surface area (Å²) in [6, 6.07) is 15.5. The second-order valence-corrected chi connectivity index (χ2v) is 4.67. The van der Waals surface area contributed by atoms with Gasteiger partial charge in [-0.1, -0.05) is 52.0 Å². The fraction of sp³-hybridized carbons (Fsp3) is 0.250. The van der Waals surface area contributed by atoms with Crippen LogP contribution in [0.2, 0.25) is 0 Å². The predicted octanol–water partition coefficient (Wildman–Crippen LogP) is 7.06. The minimum absolute atomic E-state index is 0.810. The second kappa shape index (κ2) is 11.1. The van der Waals surface area contributed by atoms with Crippen LogP contribution in [0.4, 0.5) is 0 Å². The van der Waals surface area contributed by atoms with Gasteiger partial charge in [-0.25, -0.2) is 0 Å². The van der Waals surface area contributed by atoms with Gasteiger partial charge in [0, 0.05) is 0 Å². The molecule has 0 N–H and O–H groups in total. The maximum Gasteiger partial charge on any atom is 0.141 e. The molecular weight excluding hydrogens is 368 g/mol. The average molecular weight is 388 g/mol. The number of rotatable bonds is 2. The Labute approximate surface area is 133 Å². The highest BCUT2D eigenvalue weighted by Gasteiger charge is 2.03. The molecule has 0 unspecified atom stereocenters. The Kier molecular flexibility index (Phi) is 10.6. The molecule has 19 heavy (non-hydrogen) atoms. The van der Waals surface area contributed by atoms with E-state index < -0.39 is 0 Å². The lowest BCUT2D eigenvalue weighted by Gasteiger charge is -2.08. The summed E-state index contributed by atoms with van der Waals surface area (Å²) >= 11 is 6.88. The molecule has 0 saturated heterocycles. The Balaban J connectivity index is 0.000000741. The first-order valence-electron chi connectivity index (χ1n) is 6.44. The maximum absolute atomic E-state index is 5.75. The number of hydrogen-bond acceptors (Lipinski definition) is 1. The topological polar surface area (TPSA) is 9.23 Å². The van der Waals surface area contributed by atoms with E-state index in [0.717, 1.165) is 20.4 Å². The Morgan fingerprint density at radius 3 is 1.26 bits per heavy atom. The van der Waals surface area contributed by atoms with Gasteiger partial charge in [0.05, 0.1) is 8.95 Å². The summed E-state index contributed by atoms with van der Waals surface area (Å²) in [6.45, 7) is 8.00. The molecule has 2 aromatic carbocycles. The summed E-state index contributed by atoms with van der Waals surface area (Å²) in [5, 5.41) is 0. The quantitative estimate of drug-likeness (QED) is 0.535. The molecule has 0 fully saturated rings. The van der Waals surface area contributed by atoms with E-state index in [2.05, 4.69) is 31.9 Å². The van der Waals surface area contributed by atoms with Crippen molar-refractivity contribution in [3.63, 3.8) is 0 Å². The lowest BCUT2D eigenvalue weighted by Crippen LogP contribution is -1.85. The van der Waals surface area contributed by atoms with Crippen LogP contribution in [-0.2, 0) is 0 Å². The summed E-state index contributed by atoms with van der Waals surface area (Å²) in [4.78, 5) is 0. The monoisotopic (exact) mass is 386 g/mol. The van der Waals surface area contributed by atoms with E-state index >= 15 is 0 Å². The first-order chi connectivity index (χ1) is 9.27. The van der Waals surface area contributed by atoms with Crippen LogP contribution in [0.15, 0.2) is 57.5 Å². The molecule has 0 aliphatic rings. The third-order valence-corrected chi connectivity index (χ3v) is 3.20. The molecule has 1 nitrogen and oxygen atoms in total. The van der Waals surface area contributed by atoms with Crippen LogP contribution in [-0.4, -0.2) is 0 Å². The SMILES string of the molecule is Brc1ccccc1Oc1ccccc1Br.CC.CC. The average Bonchev–Trinajstić information content (AvgIpc) is 2.48. The number of hydrogen-bond donors (Lipinski definition) is 0. The first kappa shape index (κ1) is 18.2. The summed E-state index contributed by atoms with van der Waals surface area (Å²) in [5.74, 6) is 1.62. The Hall–Kier alpha value is -0.800. The predicted molar refractivity (Wildman–Crippen MR) is 91.1 cm³/mol.